The van der Waals surface area contributed by atoms with Gasteiger partial charge < -0.3 is 4.90 Å². The molecule has 0 atom stereocenters. The second kappa shape index (κ2) is 5.40. The second-order valence-electron chi connectivity index (χ2n) is 3.98. The van der Waals surface area contributed by atoms with Crippen LogP contribution in [0.3, 0.4) is 0 Å². The molecule has 96 valence electrons. The van der Waals surface area contributed by atoms with Gasteiger partial charge in [0.1, 0.15) is 11.9 Å². The van der Waals surface area contributed by atoms with Crippen LogP contribution in [0.15, 0.2) is 30.6 Å². The minimum absolute atomic E-state index is 0.227. The van der Waals surface area contributed by atoms with Crippen molar-refractivity contribution in [2.75, 3.05) is 11.9 Å². The number of anilines is 1. The van der Waals surface area contributed by atoms with Crippen molar-refractivity contribution in [3.05, 3.63) is 53.5 Å². The number of halogens is 2. The van der Waals surface area contributed by atoms with Gasteiger partial charge >= 0.3 is 0 Å². The molecule has 0 bridgehead atoms. The predicted molar refractivity (Wildman–Crippen MR) is 65.2 cm³/mol. The quantitative estimate of drug-likeness (QED) is 0.849. The molecule has 0 saturated carbocycles. The number of aromatic nitrogens is 2. The van der Waals surface area contributed by atoms with Gasteiger partial charge in [-0.25, -0.2) is 18.7 Å². The van der Waals surface area contributed by atoms with E-state index in [0.717, 1.165) is 12.1 Å². The maximum absolute atomic E-state index is 13.1. The van der Waals surface area contributed by atoms with Crippen LogP contribution in [-0.2, 0) is 6.54 Å². The minimum atomic E-state index is -0.878. The van der Waals surface area contributed by atoms with Crippen LogP contribution in [0, 0.1) is 23.0 Å². The Kier molecular flexibility index (Phi) is 3.66. The van der Waals surface area contributed by atoms with E-state index in [-0.39, 0.29) is 5.69 Å². The fourth-order valence-corrected chi connectivity index (χ4v) is 1.57. The van der Waals surface area contributed by atoms with Crippen LogP contribution in [0.4, 0.5) is 14.6 Å². The summed E-state index contributed by atoms with van der Waals surface area (Å²) in [6, 6.07) is 5.61. The minimum Gasteiger partial charge on any atom is -0.354 e. The normalized spacial score (nSPS) is 10.0. The lowest BCUT2D eigenvalue weighted by atomic mass is 10.2. The van der Waals surface area contributed by atoms with Crippen molar-refractivity contribution in [3.63, 3.8) is 0 Å². The molecule has 1 heterocycles. The van der Waals surface area contributed by atoms with Gasteiger partial charge in [-0.3, -0.25) is 0 Å². The highest BCUT2D eigenvalue weighted by molar-refractivity contribution is 5.37. The first-order chi connectivity index (χ1) is 9.10. The van der Waals surface area contributed by atoms with Crippen molar-refractivity contribution in [1.82, 2.24) is 9.97 Å². The molecule has 2 rings (SSSR count). The number of hydrogen-bond donors (Lipinski definition) is 0. The number of benzene rings is 1. The van der Waals surface area contributed by atoms with Gasteiger partial charge in [-0.2, -0.15) is 5.26 Å². The molecule has 0 spiro atoms. The summed E-state index contributed by atoms with van der Waals surface area (Å²) in [6.07, 6.45) is 2.81. The molecule has 0 aliphatic heterocycles. The molecule has 0 fully saturated rings. The molecular formula is C13H10F2N4. The number of rotatable bonds is 3. The molecule has 4 nitrogen and oxygen atoms in total. The second-order valence-corrected chi connectivity index (χ2v) is 3.98. The highest BCUT2D eigenvalue weighted by Crippen LogP contribution is 2.14. The van der Waals surface area contributed by atoms with E-state index in [1.54, 1.807) is 11.9 Å². The van der Waals surface area contributed by atoms with Crippen molar-refractivity contribution in [2.45, 2.75) is 6.54 Å². The van der Waals surface area contributed by atoms with Crippen LogP contribution in [0.25, 0.3) is 0 Å². The Morgan fingerprint density at radius 2 is 2.00 bits per heavy atom. The molecule has 0 radical (unpaired) electrons. The molecule has 19 heavy (non-hydrogen) atoms. The summed E-state index contributed by atoms with van der Waals surface area (Å²) in [5.41, 5.74) is 0.845. The lowest BCUT2D eigenvalue weighted by Crippen LogP contribution is -2.18. The standard InChI is InChI=1S/C13H10F2N4/c1-19(13-7-17-10(5-16)6-18-13)8-9-2-3-11(14)12(15)4-9/h2-4,6-7H,8H2,1H3. The van der Waals surface area contributed by atoms with Crippen molar-refractivity contribution >= 4 is 5.82 Å². The summed E-state index contributed by atoms with van der Waals surface area (Å²) in [5.74, 6) is -1.20. The Morgan fingerprint density at radius 3 is 2.58 bits per heavy atom. The maximum atomic E-state index is 13.1. The Balaban J connectivity index is 2.13. The summed E-state index contributed by atoms with van der Waals surface area (Å²) in [4.78, 5) is 9.67. The Hall–Kier alpha value is -2.55. The van der Waals surface area contributed by atoms with Crippen LogP contribution in [0.5, 0.6) is 0 Å². The topological polar surface area (TPSA) is 52.8 Å². The summed E-state index contributed by atoms with van der Waals surface area (Å²) in [7, 11) is 1.75. The van der Waals surface area contributed by atoms with E-state index < -0.39 is 11.6 Å². The average molecular weight is 260 g/mol. The first-order valence-electron chi connectivity index (χ1n) is 5.47. The molecule has 6 heteroatoms. The van der Waals surface area contributed by atoms with E-state index in [9.17, 15) is 8.78 Å². The SMILES string of the molecule is CN(Cc1ccc(F)c(F)c1)c1cnc(C#N)cn1. The molecule has 0 amide bonds. The van der Waals surface area contributed by atoms with E-state index >= 15 is 0 Å². The lowest BCUT2D eigenvalue weighted by Gasteiger charge is -2.17. The van der Waals surface area contributed by atoms with Crippen LogP contribution in [-0.4, -0.2) is 17.0 Å². The number of hydrogen-bond acceptors (Lipinski definition) is 4. The molecule has 0 N–H and O–H groups in total. The van der Waals surface area contributed by atoms with Gasteiger partial charge in [-0.1, -0.05) is 6.07 Å². The van der Waals surface area contributed by atoms with E-state index in [1.807, 2.05) is 6.07 Å². The summed E-state index contributed by atoms with van der Waals surface area (Å²) in [6.45, 7) is 0.359. The predicted octanol–water partition coefficient (Wildman–Crippen LogP) is 2.26. The van der Waals surface area contributed by atoms with Crippen LogP contribution < -0.4 is 4.90 Å². The molecule has 2 aromatic rings. The van der Waals surface area contributed by atoms with Crippen LogP contribution >= 0.6 is 0 Å². The van der Waals surface area contributed by atoms with Gasteiger partial charge in [-0.15, -0.1) is 0 Å². The van der Waals surface area contributed by atoms with Crippen molar-refractivity contribution in [3.8, 4) is 6.07 Å². The maximum Gasteiger partial charge on any atom is 0.159 e. The Bertz CT molecular complexity index is 620. The average Bonchev–Trinajstić information content (AvgIpc) is 2.43. The highest BCUT2D eigenvalue weighted by Gasteiger charge is 2.07. The lowest BCUT2D eigenvalue weighted by molar-refractivity contribution is 0.507. The van der Waals surface area contributed by atoms with Gasteiger partial charge in [0, 0.05) is 13.6 Å². The smallest absolute Gasteiger partial charge is 0.159 e. The zero-order valence-corrected chi connectivity index (χ0v) is 10.1. The highest BCUT2D eigenvalue weighted by atomic mass is 19.2. The van der Waals surface area contributed by atoms with Gasteiger partial charge in [-0.05, 0) is 17.7 Å². The zero-order valence-electron chi connectivity index (χ0n) is 10.1. The van der Waals surface area contributed by atoms with Crippen molar-refractivity contribution < 1.29 is 8.78 Å². The van der Waals surface area contributed by atoms with Crippen molar-refractivity contribution in [2.24, 2.45) is 0 Å². The molecule has 1 aromatic heterocycles. The Morgan fingerprint density at radius 1 is 1.21 bits per heavy atom. The van der Waals surface area contributed by atoms with Gasteiger partial charge in [0.15, 0.2) is 17.3 Å². The monoisotopic (exact) mass is 260 g/mol. The largest absolute Gasteiger partial charge is 0.354 e. The first-order valence-corrected chi connectivity index (χ1v) is 5.47. The van der Waals surface area contributed by atoms with E-state index in [1.165, 1.54) is 18.5 Å². The molecule has 0 saturated heterocycles. The molecule has 0 aliphatic carbocycles. The molecule has 0 unspecified atom stereocenters. The first kappa shape index (κ1) is 12.9. The van der Waals surface area contributed by atoms with E-state index in [4.69, 9.17) is 5.26 Å². The number of nitrogens with zero attached hydrogens (tertiary/aromatic N) is 4. The van der Waals surface area contributed by atoms with Gasteiger partial charge in [0.2, 0.25) is 0 Å². The van der Waals surface area contributed by atoms with E-state index in [0.29, 0.717) is 17.9 Å². The van der Waals surface area contributed by atoms with Crippen molar-refractivity contribution in [1.29, 1.82) is 5.26 Å². The zero-order chi connectivity index (χ0) is 13.8. The van der Waals surface area contributed by atoms with E-state index in [2.05, 4.69) is 9.97 Å². The number of nitriles is 1. The summed E-state index contributed by atoms with van der Waals surface area (Å²) in [5, 5.41) is 8.62. The molecular weight excluding hydrogens is 250 g/mol. The summed E-state index contributed by atoms with van der Waals surface area (Å²) < 4.78 is 25.9. The van der Waals surface area contributed by atoms with Gasteiger partial charge in [0.05, 0.1) is 12.4 Å². The Labute approximate surface area is 109 Å². The van der Waals surface area contributed by atoms with Crippen LogP contribution in [0.1, 0.15) is 11.3 Å². The van der Waals surface area contributed by atoms with Gasteiger partial charge in [0.25, 0.3) is 0 Å². The van der Waals surface area contributed by atoms with Crippen LogP contribution in [0.2, 0.25) is 0 Å². The fourth-order valence-electron chi connectivity index (χ4n) is 1.57. The third-order valence-corrected chi connectivity index (χ3v) is 2.55. The fraction of sp³-hybridized carbons (Fsp3) is 0.154. The summed E-state index contributed by atoms with van der Waals surface area (Å²) >= 11 is 0. The third kappa shape index (κ3) is 3.01. The molecule has 1 aromatic carbocycles. The molecule has 0 aliphatic rings. The third-order valence-electron chi connectivity index (χ3n) is 2.55.